The molecule has 23 heavy (non-hydrogen) atoms. The molecule has 0 fully saturated rings. The predicted molar refractivity (Wildman–Crippen MR) is 88.0 cm³/mol. The Balaban J connectivity index is 2.39. The number of hydrogen-bond donors (Lipinski definition) is 2. The van der Waals surface area contributed by atoms with Gasteiger partial charge in [0, 0.05) is 10.9 Å². The highest BCUT2D eigenvalue weighted by atomic mass is 32.1. The fourth-order valence-corrected chi connectivity index (χ4v) is 2.41. The SMILES string of the molecule is CCOC(=O)CN(CC(=O)NC(=O)NCc1cccs1)C(C)C. The molecule has 0 unspecified atom stereocenters. The Labute approximate surface area is 140 Å². The van der Waals surface area contributed by atoms with Gasteiger partial charge in [0.15, 0.2) is 0 Å². The Morgan fingerprint density at radius 2 is 2.04 bits per heavy atom. The van der Waals surface area contributed by atoms with Gasteiger partial charge < -0.3 is 10.1 Å². The first kappa shape index (κ1) is 19.1. The average Bonchev–Trinajstić information content (AvgIpc) is 2.97. The highest BCUT2D eigenvalue weighted by Crippen LogP contribution is 2.07. The van der Waals surface area contributed by atoms with Crippen LogP contribution < -0.4 is 10.6 Å². The van der Waals surface area contributed by atoms with Crippen molar-refractivity contribution >= 4 is 29.2 Å². The lowest BCUT2D eigenvalue weighted by molar-refractivity contribution is -0.145. The van der Waals surface area contributed by atoms with Crippen LogP contribution in [-0.2, 0) is 20.9 Å². The number of nitrogens with zero attached hydrogens (tertiary/aromatic N) is 1. The van der Waals surface area contributed by atoms with Crippen LogP contribution in [0, 0.1) is 0 Å². The highest BCUT2D eigenvalue weighted by molar-refractivity contribution is 7.09. The van der Waals surface area contributed by atoms with E-state index in [4.69, 9.17) is 4.74 Å². The minimum atomic E-state index is -0.553. The molecule has 0 aliphatic rings. The molecular weight excluding hydrogens is 318 g/mol. The van der Waals surface area contributed by atoms with Crippen molar-refractivity contribution in [1.82, 2.24) is 15.5 Å². The number of hydrogen-bond acceptors (Lipinski definition) is 6. The average molecular weight is 341 g/mol. The van der Waals surface area contributed by atoms with Crippen molar-refractivity contribution in [3.63, 3.8) is 0 Å². The Bertz CT molecular complexity index is 517. The maximum atomic E-state index is 11.9. The number of carbonyl (C=O) groups is 3. The number of imide groups is 1. The molecule has 0 bridgehead atoms. The van der Waals surface area contributed by atoms with Gasteiger partial charge in [0.2, 0.25) is 5.91 Å². The number of thiophene rings is 1. The van der Waals surface area contributed by atoms with Crippen molar-refractivity contribution in [2.45, 2.75) is 33.4 Å². The molecule has 1 aromatic heterocycles. The molecule has 128 valence electrons. The standard InChI is InChI=1S/C15H23N3O4S/c1-4-22-14(20)10-18(11(2)3)9-13(19)17-15(21)16-8-12-6-5-7-23-12/h5-7,11H,4,8-10H2,1-3H3,(H2,16,17,19,21). The van der Waals surface area contributed by atoms with Gasteiger partial charge in [0.05, 0.1) is 26.2 Å². The van der Waals surface area contributed by atoms with Crippen LogP contribution in [0.5, 0.6) is 0 Å². The zero-order valence-electron chi connectivity index (χ0n) is 13.6. The summed E-state index contributed by atoms with van der Waals surface area (Å²) in [6, 6.07) is 3.20. The third-order valence-electron chi connectivity index (χ3n) is 2.97. The normalized spacial score (nSPS) is 10.7. The number of urea groups is 1. The lowest BCUT2D eigenvalue weighted by Gasteiger charge is -2.24. The molecule has 2 N–H and O–H groups in total. The number of rotatable bonds is 8. The minimum absolute atomic E-state index is 0.00966. The molecule has 0 saturated carbocycles. The smallest absolute Gasteiger partial charge is 0.321 e. The van der Waals surface area contributed by atoms with Gasteiger partial charge in [-0.15, -0.1) is 11.3 Å². The maximum Gasteiger partial charge on any atom is 0.321 e. The van der Waals surface area contributed by atoms with E-state index in [1.54, 1.807) is 11.8 Å². The third kappa shape index (κ3) is 7.75. The van der Waals surface area contributed by atoms with Gasteiger partial charge >= 0.3 is 12.0 Å². The molecule has 1 heterocycles. The lowest BCUT2D eigenvalue weighted by Crippen LogP contribution is -2.47. The second-order valence-electron chi connectivity index (χ2n) is 5.11. The Morgan fingerprint density at radius 1 is 1.30 bits per heavy atom. The molecule has 0 aliphatic heterocycles. The summed E-state index contributed by atoms with van der Waals surface area (Å²) in [5.41, 5.74) is 0. The number of amides is 3. The van der Waals surface area contributed by atoms with E-state index in [9.17, 15) is 14.4 Å². The summed E-state index contributed by atoms with van der Waals surface area (Å²) in [6.45, 7) is 6.07. The van der Waals surface area contributed by atoms with Gasteiger partial charge in [-0.2, -0.15) is 0 Å². The molecular formula is C15H23N3O4S. The van der Waals surface area contributed by atoms with Crippen molar-refractivity contribution in [3.05, 3.63) is 22.4 Å². The molecule has 0 radical (unpaired) electrons. The Kier molecular flexibility index (Phi) is 8.28. The molecule has 3 amide bonds. The first-order valence-electron chi connectivity index (χ1n) is 7.42. The molecule has 0 aromatic carbocycles. The second-order valence-corrected chi connectivity index (χ2v) is 6.15. The summed E-state index contributed by atoms with van der Waals surface area (Å²) in [6.07, 6.45) is 0. The summed E-state index contributed by atoms with van der Waals surface area (Å²) < 4.78 is 4.87. The molecule has 8 heteroatoms. The fourth-order valence-electron chi connectivity index (χ4n) is 1.77. The summed E-state index contributed by atoms with van der Waals surface area (Å²) in [5, 5.41) is 6.78. The lowest BCUT2D eigenvalue weighted by atomic mass is 10.3. The minimum Gasteiger partial charge on any atom is -0.465 e. The molecule has 0 atom stereocenters. The van der Waals surface area contributed by atoms with Gasteiger partial charge in [-0.3, -0.25) is 19.8 Å². The molecule has 1 rings (SSSR count). The molecule has 0 saturated heterocycles. The van der Waals surface area contributed by atoms with Crippen molar-refractivity contribution < 1.29 is 19.1 Å². The van der Waals surface area contributed by atoms with Crippen molar-refractivity contribution in [1.29, 1.82) is 0 Å². The molecule has 0 spiro atoms. The molecule has 1 aromatic rings. The maximum absolute atomic E-state index is 11.9. The van der Waals surface area contributed by atoms with E-state index >= 15 is 0 Å². The van der Waals surface area contributed by atoms with E-state index in [1.807, 2.05) is 31.4 Å². The quantitative estimate of drug-likeness (QED) is 0.697. The van der Waals surface area contributed by atoms with Crippen LogP contribution in [0.15, 0.2) is 17.5 Å². The van der Waals surface area contributed by atoms with E-state index in [2.05, 4.69) is 10.6 Å². The second kappa shape index (κ2) is 9.96. The topological polar surface area (TPSA) is 87.7 Å². The van der Waals surface area contributed by atoms with Crippen LogP contribution in [-0.4, -0.2) is 48.5 Å². The number of ether oxygens (including phenoxy) is 1. The van der Waals surface area contributed by atoms with Crippen molar-refractivity contribution in [2.24, 2.45) is 0 Å². The van der Waals surface area contributed by atoms with E-state index in [0.717, 1.165) is 4.88 Å². The van der Waals surface area contributed by atoms with Crippen LogP contribution in [0.25, 0.3) is 0 Å². The zero-order valence-corrected chi connectivity index (χ0v) is 14.4. The van der Waals surface area contributed by atoms with Crippen molar-refractivity contribution in [2.75, 3.05) is 19.7 Å². The van der Waals surface area contributed by atoms with Gasteiger partial charge in [-0.05, 0) is 32.2 Å². The van der Waals surface area contributed by atoms with E-state index in [-0.39, 0.29) is 19.1 Å². The van der Waals surface area contributed by atoms with E-state index < -0.39 is 17.9 Å². The number of nitrogens with one attached hydrogen (secondary N) is 2. The van der Waals surface area contributed by atoms with Gasteiger partial charge in [-0.25, -0.2) is 4.79 Å². The Morgan fingerprint density at radius 3 is 2.61 bits per heavy atom. The molecule has 7 nitrogen and oxygen atoms in total. The van der Waals surface area contributed by atoms with E-state index in [0.29, 0.717) is 13.2 Å². The van der Waals surface area contributed by atoms with Crippen LogP contribution >= 0.6 is 11.3 Å². The summed E-state index contributed by atoms with van der Waals surface area (Å²) in [7, 11) is 0. The van der Waals surface area contributed by atoms with Crippen molar-refractivity contribution in [3.8, 4) is 0 Å². The van der Waals surface area contributed by atoms with Gasteiger partial charge in [0.25, 0.3) is 0 Å². The van der Waals surface area contributed by atoms with Crippen LogP contribution in [0.4, 0.5) is 4.79 Å². The summed E-state index contributed by atoms with van der Waals surface area (Å²) in [5.74, 6) is -0.858. The third-order valence-corrected chi connectivity index (χ3v) is 3.85. The Hall–Kier alpha value is -1.93. The van der Waals surface area contributed by atoms with Gasteiger partial charge in [0.1, 0.15) is 0 Å². The summed E-state index contributed by atoms with van der Waals surface area (Å²) in [4.78, 5) is 37.7. The highest BCUT2D eigenvalue weighted by Gasteiger charge is 2.19. The van der Waals surface area contributed by atoms with Crippen LogP contribution in [0.2, 0.25) is 0 Å². The first-order chi connectivity index (χ1) is 10.9. The van der Waals surface area contributed by atoms with Gasteiger partial charge in [-0.1, -0.05) is 6.07 Å². The number of carbonyl (C=O) groups excluding carboxylic acids is 3. The number of esters is 1. The fraction of sp³-hybridized carbons (Fsp3) is 0.533. The first-order valence-corrected chi connectivity index (χ1v) is 8.30. The predicted octanol–water partition coefficient (Wildman–Crippen LogP) is 1.35. The summed E-state index contributed by atoms with van der Waals surface area (Å²) >= 11 is 1.52. The zero-order chi connectivity index (χ0) is 17.2. The van der Waals surface area contributed by atoms with E-state index in [1.165, 1.54) is 11.3 Å². The largest absolute Gasteiger partial charge is 0.465 e. The monoisotopic (exact) mass is 341 g/mol. The van der Waals surface area contributed by atoms with Crippen LogP contribution in [0.1, 0.15) is 25.6 Å². The van der Waals surface area contributed by atoms with Crippen LogP contribution in [0.3, 0.4) is 0 Å². The molecule has 0 aliphatic carbocycles.